The highest BCUT2D eigenvalue weighted by Gasteiger charge is 2.21. The van der Waals surface area contributed by atoms with E-state index in [1.54, 1.807) is 24.3 Å². The van der Waals surface area contributed by atoms with Gasteiger partial charge < -0.3 is 16.8 Å². The number of benzene rings is 1. The van der Waals surface area contributed by atoms with E-state index < -0.39 is 23.9 Å². The Morgan fingerprint density at radius 1 is 1.28 bits per heavy atom. The van der Waals surface area contributed by atoms with Crippen LogP contribution in [0.25, 0.3) is 0 Å². The maximum absolute atomic E-state index is 11.9. The van der Waals surface area contributed by atoms with Gasteiger partial charge in [0.15, 0.2) is 0 Å². The predicted octanol–water partition coefficient (Wildman–Crippen LogP) is 0.457. The molecule has 2 atom stereocenters. The largest absolute Gasteiger partial charge is 0.368 e. The van der Waals surface area contributed by atoms with Crippen LogP contribution in [0.15, 0.2) is 30.3 Å². The summed E-state index contributed by atoms with van der Waals surface area (Å²) in [5.41, 5.74) is 11.7. The number of nitrogens with two attached hydrogens (primary N) is 2. The maximum Gasteiger partial charge on any atom is 0.242 e. The molecule has 1 aromatic rings. The van der Waals surface area contributed by atoms with Gasteiger partial charge in [0, 0.05) is 0 Å². The number of amides is 2. The molecule has 2 amide bonds. The van der Waals surface area contributed by atoms with Crippen molar-refractivity contribution >= 4 is 11.8 Å². The summed E-state index contributed by atoms with van der Waals surface area (Å²) in [6.07, 6.45) is 1.27. The van der Waals surface area contributed by atoms with Gasteiger partial charge in [-0.15, -0.1) is 0 Å². The Balaban J connectivity index is 2.67. The summed E-state index contributed by atoms with van der Waals surface area (Å²) in [6.45, 7) is 1.92. The zero-order valence-electron chi connectivity index (χ0n) is 10.4. The fourth-order valence-corrected chi connectivity index (χ4v) is 1.65. The van der Waals surface area contributed by atoms with Gasteiger partial charge in [-0.25, -0.2) is 0 Å². The van der Waals surface area contributed by atoms with Crippen LogP contribution < -0.4 is 16.8 Å². The molecule has 5 nitrogen and oxygen atoms in total. The van der Waals surface area contributed by atoms with Crippen molar-refractivity contribution in [3.63, 3.8) is 0 Å². The Bertz CT molecular complexity index is 406. The van der Waals surface area contributed by atoms with Crippen LogP contribution >= 0.6 is 0 Å². The van der Waals surface area contributed by atoms with Crippen LogP contribution in [0, 0.1) is 0 Å². The molecular formula is C13H19N3O2. The third-order valence-electron chi connectivity index (χ3n) is 2.68. The first-order valence-electron chi connectivity index (χ1n) is 5.96. The molecule has 0 heterocycles. The van der Waals surface area contributed by atoms with E-state index >= 15 is 0 Å². The molecule has 18 heavy (non-hydrogen) atoms. The van der Waals surface area contributed by atoms with Gasteiger partial charge in [0.1, 0.15) is 12.1 Å². The maximum atomic E-state index is 11.9. The lowest BCUT2D eigenvalue weighted by atomic mass is 10.1. The zero-order valence-corrected chi connectivity index (χ0v) is 10.4. The molecule has 0 radical (unpaired) electrons. The Labute approximate surface area is 107 Å². The summed E-state index contributed by atoms with van der Waals surface area (Å²) < 4.78 is 0. The lowest BCUT2D eigenvalue weighted by Gasteiger charge is -2.18. The van der Waals surface area contributed by atoms with E-state index in [1.165, 1.54) is 0 Å². The van der Waals surface area contributed by atoms with Crippen LogP contribution in [0.3, 0.4) is 0 Å². The van der Waals surface area contributed by atoms with E-state index in [9.17, 15) is 9.59 Å². The van der Waals surface area contributed by atoms with Crippen molar-refractivity contribution in [1.29, 1.82) is 0 Å². The summed E-state index contributed by atoms with van der Waals surface area (Å²) in [6, 6.07) is 7.55. The first-order chi connectivity index (χ1) is 8.56. The molecule has 0 spiro atoms. The third kappa shape index (κ3) is 3.85. The topological polar surface area (TPSA) is 98.2 Å². The number of primary amides is 1. The lowest BCUT2D eigenvalue weighted by molar-refractivity contribution is -0.128. The minimum Gasteiger partial charge on any atom is -0.368 e. The Morgan fingerprint density at radius 3 is 2.39 bits per heavy atom. The molecule has 0 aliphatic carbocycles. The van der Waals surface area contributed by atoms with Crippen molar-refractivity contribution in [2.45, 2.75) is 31.8 Å². The standard InChI is InChI=1S/C13H19N3O2/c1-2-6-10(12(15)17)16-13(18)11(14)9-7-4-3-5-8-9/h3-5,7-8,10-11H,2,6,14H2,1H3,(H2,15,17)(H,16,18). The van der Waals surface area contributed by atoms with E-state index in [4.69, 9.17) is 11.5 Å². The Morgan fingerprint density at radius 2 is 1.89 bits per heavy atom. The summed E-state index contributed by atoms with van der Waals surface area (Å²) >= 11 is 0. The van der Waals surface area contributed by atoms with Crippen LogP contribution in [-0.4, -0.2) is 17.9 Å². The molecule has 0 fully saturated rings. The lowest BCUT2D eigenvalue weighted by Crippen LogP contribution is -2.47. The molecule has 1 rings (SSSR count). The molecule has 0 aromatic heterocycles. The molecule has 0 saturated heterocycles. The first kappa shape index (κ1) is 14.2. The van der Waals surface area contributed by atoms with Crippen LogP contribution in [0.4, 0.5) is 0 Å². The quantitative estimate of drug-likeness (QED) is 0.683. The van der Waals surface area contributed by atoms with Crippen LogP contribution in [0.5, 0.6) is 0 Å². The van der Waals surface area contributed by atoms with Crippen molar-refractivity contribution in [2.75, 3.05) is 0 Å². The van der Waals surface area contributed by atoms with E-state index in [1.807, 2.05) is 13.0 Å². The monoisotopic (exact) mass is 249 g/mol. The second-order valence-corrected chi connectivity index (χ2v) is 4.14. The smallest absolute Gasteiger partial charge is 0.242 e. The number of carbonyl (C=O) groups is 2. The average molecular weight is 249 g/mol. The van der Waals surface area contributed by atoms with Gasteiger partial charge in [0.2, 0.25) is 11.8 Å². The van der Waals surface area contributed by atoms with Crippen molar-refractivity contribution in [1.82, 2.24) is 5.32 Å². The summed E-state index contributed by atoms with van der Waals surface area (Å²) in [5, 5.41) is 2.58. The van der Waals surface area contributed by atoms with Gasteiger partial charge >= 0.3 is 0 Å². The molecule has 1 aromatic carbocycles. The predicted molar refractivity (Wildman–Crippen MR) is 69.4 cm³/mol. The molecule has 0 bridgehead atoms. The van der Waals surface area contributed by atoms with Gasteiger partial charge in [-0.3, -0.25) is 9.59 Å². The summed E-state index contributed by atoms with van der Waals surface area (Å²) in [7, 11) is 0. The molecule has 2 unspecified atom stereocenters. The van der Waals surface area contributed by atoms with Gasteiger partial charge in [-0.1, -0.05) is 43.7 Å². The fraction of sp³-hybridized carbons (Fsp3) is 0.385. The number of hydrogen-bond acceptors (Lipinski definition) is 3. The minimum absolute atomic E-state index is 0.390. The fourth-order valence-electron chi connectivity index (χ4n) is 1.65. The molecule has 0 aliphatic rings. The van der Waals surface area contributed by atoms with Crippen molar-refractivity contribution < 1.29 is 9.59 Å². The van der Waals surface area contributed by atoms with Crippen molar-refractivity contribution in [3.05, 3.63) is 35.9 Å². The Kier molecular flexibility index (Phi) is 5.32. The third-order valence-corrected chi connectivity index (χ3v) is 2.68. The van der Waals surface area contributed by atoms with E-state index in [-0.39, 0.29) is 0 Å². The SMILES string of the molecule is CCCC(NC(=O)C(N)c1ccccc1)C(N)=O. The normalized spacial score (nSPS) is 13.7. The van der Waals surface area contributed by atoms with E-state index in [0.29, 0.717) is 12.0 Å². The highest BCUT2D eigenvalue weighted by molar-refractivity contribution is 5.89. The van der Waals surface area contributed by atoms with Gasteiger partial charge in [-0.05, 0) is 12.0 Å². The van der Waals surface area contributed by atoms with E-state index in [0.717, 1.165) is 6.42 Å². The minimum atomic E-state index is -0.787. The second kappa shape index (κ2) is 6.76. The molecule has 0 aliphatic heterocycles. The number of hydrogen-bond donors (Lipinski definition) is 3. The highest BCUT2D eigenvalue weighted by atomic mass is 16.2. The van der Waals surface area contributed by atoms with Crippen LogP contribution in [-0.2, 0) is 9.59 Å². The van der Waals surface area contributed by atoms with Crippen LogP contribution in [0.2, 0.25) is 0 Å². The van der Waals surface area contributed by atoms with Crippen molar-refractivity contribution in [3.8, 4) is 0 Å². The van der Waals surface area contributed by atoms with Crippen LogP contribution in [0.1, 0.15) is 31.4 Å². The van der Waals surface area contributed by atoms with Gasteiger partial charge in [0.25, 0.3) is 0 Å². The van der Waals surface area contributed by atoms with Crippen molar-refractivity contribution in [2.24, 2.45) is 11.5 Å². The molecule has 98 valence electrons. The molecule has 0 saturated carbocycles. The van der Waals surface area contributed by atoms with Gasteiger partial charge in [-0.2, -0.15) is 0 Å². The average Bonchev–Trinajstić information content (AvgIpc) is 2.38. The molecular weight excluding hydrogens is 230 g/mol. The number of carbonyl (C=O) groups excluding carboxylic acids is 2. The summed E-state index contributed by atoms with van der Waals surface area (Å²) in [5.74, 6) is -0.927. The van der Waals surface area contributed by atoms with Gasteiger partial charge in [0.05, 0.1) is 0 Å². The molecule has 5 N–H and O–H groups in total. The number of rotatable bonds is 6. The Hall–Kier alpha value is -1.88. The second-order valence-electron chi connectivity index (χ2n) is 4.14. The first-order valence-corrected chi connectivity index (χ1v) is 5.96. The highest BCUT2D eigenvalue weighted by Crippen LogP contribution is 2.10. The number of nitrogens with one attached hydrogen (secondary N) is 1. The zero-order chi connectivity index (χ0) is 13.5. The summed E-state index contributed by atoms with van der Waals surface area (Å²) in [4.78, 5) is 23.0. The van der Waals surface area contributed by atoms with E-state index in [2.05, 4.69) is 5.32 Å². The molecule has 5 heteroatoms.